The molecule has 0 aliphatic rings. The summed E-state index contributed by atoms with van der Waals surface area (Å²) in [5.41, 5.74) is 1.81. The lowest BCUT2D eigenvalue weighted by Crippen LogP contribution is -2.35. The zero-order valence-corrected chi connectivity index (χ0v) is 19.2. The lowest BCUT2D eigenvalue weighted by molar-refractivity contribution is -0.118. The van der Waals surface area contributed by atoms with Crippen molar-refractivity contribution in [3.05, 3.63) is 84.7 Å². The molecule has 0 aliphatic carbocycles. The Labute approximate surface area is 196 Å². The highest BCUT2D eigenvalue weighted by atomic mass is 32.1. The van der Waals surface area contributed by atoms with E-state index in [2.05, 4.69) is 23.3 Å². The average molecular weight is 457 g/mol. The summed E-state index contributed by atoms with van der Waals surface area (Å²) in [4.78, 5) is 20.2. The van der Waals surface area contributed by atoms with Crippen LogP contribution in [0.2, 0.25) is 0 Å². The van der Waals surface area contributed by atoms with Crippen LogP contribution in [0.3, 0.4) is 0 Å². The summed E-state index contributed by atoms with van der Waals surface area (Å²) in [6, 6.07) is 22.0. The van der Waals surface area contributed by atoms with Crippen molar-refractivity contribution >= 4 is 43.4 Å². The molecule has 0 unspecified atom stereocenters. The maximum Gasteiger partial charge on any atom is 0.233 e. The topological polar surface area (TPSA) is 60.2 Å². The quantitative estimate of drug-likeness (QED) is 0.317. The number of carbonyl (C=O) groups is 1. The molecule has 2 aromatic heterocycles. The van der Waals surface area contributed by atoms with Gasteiger partial charge >= 0.3 is 0 Å². The Morgan fingerprint density at radius 1 is 1.06 bits per heavy atom. The molecule has 5 aromatic rings. The minimum atomic E-state index is 0.00975. The first kappa shape index (κ1) is 21.2. The van der Waals surface area contributed by atoms with Crippen LogP contribution in [0.5, 0.6) is 5.75 Å². The SMILES string of the molecule is CCOc1cccc2sc(N(CCn3cccn3)C(=O)Cc3cccc4ccccc34)nc12. The fourth-order valence-electron chi connectivity index (χ4n) is 3.97. The number of para-hydroxylation sites is 1. The smallest absolute Gasteiger partial charge is 0.233 e. The molecule has 0 saturated carbocycles. The van der Waals surface area contributed by atoms with Crippen LogP contribution in [0.1, 0.15) is 12.5 Å². The summed E-state index contributed by atoms with van der Waals surface area (Å²) in [7, 11) is 0. The van der Waals surface area contributed by atoms with Crippen LogP contribution in [0, 0.1) is 0 Å². The Hall–Kier alpha value is -3.71. The normalized spacial score (nSPS) is 11.2. The molecule has 0 aliphatic heterocycles. The largest absolute Gasteiger partial charge is 0.492 e. The van der Waals surface area contributed by atoms with E-state index >= 15 is 0 Å². The van der Waals surface area contributed by atoms with Crippen molar-refractivity contribution in [2.75, 3.05) is 18.1 Å². The van der Waals surface area contributed by atoms with Crippen molar-refractivity contribution in [2.45, 2.75) is 19.9 Å². The molecule has 7 heteroatoms. The van der Waals surface area contributed by atoms with E-state index in [1.54, 1.807) is 11.1 Å². The molecular weight excluding hydrogens is 432 g/mol. The minimum absolute atomic E-state index is 0.00975. The summed E-state index contributed by atoms with van der Waals surface area (Å²) >= 11 is 1.51. The molecule has 0 radical (unpaired) electrons. The molecular formula is C26H24N4O2S. The monoisotopic (exact) mass is 456 g/mol. The fraction of sp³-hybridized carbons (Fsp3) is 0.192. The van der Waals surface area contributed by atoms with Gasteiger partial charge in [-0.3, -0.25) is 14.4 Å². The second kappa shape index (κ2) is 9.42. The molecule has 0 atom stereocenters. The molecule has 2 heterocycles. The van der Waals surface area contributed by atoms with E-state index in [1.165, 1.54) is 11.3 Å². The Morgan fingerprint density at radius 3 is 2.76 bits per heavy atom. The van der Waals surface area contributed by atoms with Crippen molar-refractivity contribution in [1.29, 1.82) is 0 Å². The highest BCUT2D eigenvalue weighted by Crippen LogP contribution is 2.34. The molecule has 3 aromatic carbocycles. The fourth-order valence-corrected chi connectivity index (χ4v) is 4.99. The molecule has 0 fully saturated rings. The number of thiazole rings is 1. The number of amides is 1. The predicted octanol–water partition coefficient (Wildman–Crippen LogP) is 5.32. The lowest BCUT2D eigenvalue weighted by Gasteiger charge is -2.20. The Bertz CT molecular complexity index is 1390. The van der Waals surface area contributed by atoms with Gasteiger partial charge in [-0.1, -0.05) is 59.9 Å². The lowest BCUT2D eigenvalue weighted by atomic mass is 10.0. The Morgan fingerprint density at radius 2 is 1.91 bits per heavy atom. The number of fused-ring (bicyclic) bond motifs is 2. The number of nitrogens with zero attached hydrogens (tertiary/aromatic N) is 4. The van der Waals surface area contributed by atoms with Crippen LogP contribution < -0.4 is 9.64 Å². The summed E-state index contributed by atoms with van der Waals surface area (Å²) < 4.78 is 8.59. The van der Waals surface area contributed by atoms with Gasteiger partial charge in [-0.05, 0) is 41.5 Å². The summed E-state index contributed by atoms with van der Waals surface area (Å²) in [5, 5.41) is 7.20. The number of carbonyl (C=O) groups excluding carboxylic acids is 1. The van der Waals surface area contributed by atoms with Gasteiger partial charge in [-0.2, -0.15) is 5.10 Å². The molecule has 166 valence electrons. The summed E-state index contributed by atoms with van der Waals surface area (Å²) in [6.07, 6.45) is 3.95. The zero-order chi connectivity index (χ0) is 22.6. The number of benzene rings is 3. The van der Waals surface area contributed by atoms with Gasteiger partial charge < -0.3 is 4.74 Å². The van der Waals surface area contributed by atoms with E-state index in [4.69, 9.17) is 9.72 Å². The maximum absolute atomic E-state index is 13.6. The van der Waals surface area contributed by atoms with E-state index in [9.17, 15) is 4.79 Å². The number of anilines is 1. The van der Waals surface area contributed by atoms with Crippen molar-refractivity contribution in [2.24, 2.45) is 0 Å². The number of hydrogen-bond donors (Lipinski definition) is 0. The molecule has 5 rings (SSSR count). The first-order valence-electron chi connectivity index (χ1n) is 11.0. The highest BCUT2D eigenvalue weighted by molar-refractivity contribution is 7.22. The standard InChI is InChI=1S/C26H24N4O2S/c1-2-32-22-12-6-13-23-25(22)28-26(33-23)30(17-16-29-15-7-14-27-29)24(31)18-20-10-5-9-19-8-3-4-11-21(19)20/h3-15H,2,16-18H2,1H3. The van der Waals surface area contributed by atoms with Gasteiger partial charge in [0.2, 0.25) is 5.91 Å². The van der Waals surface area contributed by atoms with Crippen molar-refractivity contribution in [3.63, 3.8) is 0 Å². The van der Waals surface area contributed by atoms with Crippen molar-refractivity contribution in [3.8, 4) is 5.75 Å². The van der Waals surface area contributed by atoms with Crippen LogP contribution in [-0.4, -0.2) is 33.8 Å². The minimum Gasteiger partial charge on any atom is -0.492 e. The number of ether oxygens (including phenoxy) is 1. The summed E-state index contributed by atoms with van der Waals surface area (Å²) in [6.45, 7) is 3.59. The van der Waals surface area contributed by atoms with Gasteiger partial charge in [-0.25, -0.2) is 4.98 Å². The van der Waals surface area contributed by atoms with Gasteiger partial charge in [0.15, 0.2) is 5.13 Å². The molecule has 6 nitrogen and oxygen atoms in total. The van der Waals surface area contributed by atoms with Crippen LogP contribution in [-0.2, 0) is 17.8 Å². The molecule has 1 amide bonds. The second-order valence-corrected chi connectivity index (χ2v) is 8.67. The maximum atomic E-state index is 13.6. The van der Waals surface area contributed by atoms with Crippen LogP contribution >= 0.6 is 11.3 Å². The van der Waals surface area contributed by atoms with Crippen molar-refractivity contribution < 1.29 is 9.53 Å². The third-order valence-electron chi connectivity index (χ3n) is 5.54. The molecule has 0 N–H and O–H groups in total. The van der Waals surface area contributed by atoms with Gasteiger partial charge in [0.25, 0.3) is 0 Å². The van der Waals surface area contributed by atoms with Gasteiger partial charge in [0.05, 0.1) is 24.3 Å². The molecule has 33 heavy (non-hydrogen) atoms. The Kier molecular flexibility index (Phi) is 6.04. The van der Waals surface area contributed by atoms with Crippen LogP contribution in [0.25, 0.3) is 21.0 Å². The van der Waals surface area contributed by atoms with Crippen molar-refractivity contribution in [1.82, 2.24) is 14.8 Å². The zero-order valence-electron chi connectivity index (χ0n) is 18.3. The first-order chi connectivity index (χ1) is 16.2. The van der Waals surface area contributed by atoms with E-state index in [-0.39, 0.29) is 5.91 Å². The molecule has 0 bridgehead atoms. The van der Waals surface area contributed by atoms with E-state index < -0.39 is 0 Å². The Balaban J connectivity index is 1.49. The number of hydrogen-bond acceptors (Lipinski definition) is 5. The predicted molar refractivity (Wildman–Crippen MR) is 133 cm³/mol. The van der Waals surface area contributed by atoms with E-state index in [1.807, 2.05) is 66.3 Å². The van der Waals surface area contributed by atoms with Gasteiger partial charge in [0.1, 0.15) is 11.3 Å². The second-order valence-electron chi connectivity index (χ2n) is 7.66. The van der Waals surface area contributed by atoms with Crippen LogP contribution in [0.4, 0.5) is 5.13 Å². The highest BCUT2D eigenvalue weighted by Gasteiger charge is 2.22. The molecule has 0 saturated heterocycles. The number of aromatic nitrogens is 3. The van der Waals surface area contributed by atoms with Gasteiger partial charge in [0, 0.05) is 18.9 Å². The van der Waals surface area contributed by atoms with Crippen LogP contribution in [0.15, 0.2) is 79.1 Å². The first-order valence-corrected chi connectivity index (χ1v) is 11.8. The molecule has 0 spiro atoms. The average Bonchev–Trinajstić information content (AvgIpc) is 3.50. The van der Waals surface area contributed by atoms with E-state index in [0.717, 1.165) is 32.3 Å². The third kappa shape index (κ3) is 4.45. The van der Waals surface area contributed by atoms with E-state index in [0.29, 0.717) is 31.2 Å². The number of rotatable bonds is 8. The van der Waals surface area contributed by atoms with Gasteiger partial charge in [-0.15, -0.1) is 0 Å². The summed E-state index contributed by atoms with van der Waals surface area (Å²) in [5.74, 6) is 0.751. The third-order valence-corrected chi connectivity index (χ3v) is 6.58.